The number of fused-ring (bicyclic) bond motifs is 3. The number of nitrogens with one attached hydrogen (secondary N) is 2. The average molecular weight is 387 g/mol. The topological polar surface area (TPSA) is 138 Å². The highest BCUT2D eigenvalue weighted by atomic mass is 16.5. The second-order valence-electron chi connectivity index (χ2n) is 6.55. The maximum atomic E-state index is 12.1. The standard InChI is InChI=1S/C19H20N2O7/c1-10-5-13(27-9-16(23)20-7-15(22)21-8-17(24)25)18-11-3-2-4-12(11)19(26)28-14(18)6-10/h5-6H,2-4,7-9H2,1H3,(H,20,23)(H,21,22)(H,24,25)/p-1. The number of carbonyl (C=O) groups is 3. The summed E-state index contributed by atoms with van der Waals surface area (Å²) in [6, 6.07) is 3.52. The van der Waals surface area contributed by atoms with Gasteiger partial charge in [0.15, 0.2) is 6.61 Å². The fourth-order valence-corrected chi connectivity index (χ4v) is 3.23. The summed E-state index contributed by atoms with van der Waals surface area (Å²) in [5, 5.41) is 15.4. The van der Waals surface area contributed by atoms with E-state index >= 15 is 0 Å². The highest BCUT2D eigenvalue weighted by Gasteiger charge is 2.22. The number of carboxylic acids is 1. The summed E-state index contributed by atoms with van der Waals surface area (Å²) in [5.74, 6) is -2.19. The Kier molecular flexibility index (Phi) is 5.62. The van der Waals surface area contributed by atoms with E-state index in [4.69, 9.17) is 9.15 Å². The van der Waals surface area contributed by atoms with Crippen LogP contribution in [0.25, 0.3) is 11.0 Å². The van der Waals surface area contributed by atoms with Crippen LogP contribution in [0.4, 0.5) is 0 Å². The molecule has 3 rings (SSSR count). The second kappa shape index (κ2) is 8.12. The fraction of sp³-hybridized carbons (Fsp3) is 0.368. The SMILES string of the molecule is Cc1cc(OCC(=O)NCC(=O)NCC(=O)[O-])c2c3c(c(=O)oc2c1)CCC3. The Bertz CT molecular complexity index is 1010. The third kappa shape index (κ3) is 4.30. The molecule has 28 heavy (non-hydrogen) atoms. The van der Waals surface area contributed by atoms with Gasteiger partial charge in [-0.25, -0.2) is 4.79 Å². The van der Waals surface area contributed by atoms with E-state index in [1.54, 1.807) is 12.1 Å². The minimum Gasteiger partial charge on any atom is -0.548 e. The molecule has 1 aliphatic carbocycles. The van der Waals surface area contributed by atoms with Crippen molar-refractivity contribution in [2.24, 2.45) is 0 Å². The minimum atomic E-state index is -1.42. The van der Waals surface area contributed by atoms with E-state index in [2.05, 4.69) is 10.6 Å². The number of amides is 2. The number of hydrogen-bond acceptors (Lipinski definition) is 7. The number of ether oxygens (including phenoxy) is 1. The molecule has 0 aliphatic heterocycles. The van der Waals surface area contributed by atoms with Gasteiger partial charge in [-0.2, -0.15) is 0 Å². The summed E-state index contributed by atoms with van der Waals surface area (Å²) in [5.41, 5.74) is 2.43. The van der Waals surface area contributed by atoms with Gasteiger partial charge in [-0.05, 0) is 49.4 Å². The van der Waals surface area contributed by atoms with Crippen molar-refractivity contribution in [3.63, 3.8) is 0 Å². The maximum Gasteiger partial charge on any atom is 0.339 e. The first-order valence-electron chi connectivity index (χ1n) is 8.80. The third-order valence-electron chi connectivity index (χ3n) is 4.41. The van der Waals surface area contributed by atoms with Crippen LogP contribution in [0.1, 0.15) is 23.1 Å². The van der Waals surface area contributed by atoms with Gasteiger partial charge in [0.2, 0.25) is 5.91 Å². The molecule has 9 heteroatoms. The van der Waals surface area contributed by atoms with Crippen molar-refractivity contribution in [3.05, 3.63) is 39.2 Å². The molecule has 0 spiro atoms. The van der Waals surface area contributed by atoms with Gasteiger partial charge < -0.3 is 29.7 Å². The van der Waals surface area contributed by atoms with Crippen LogP contribution in [0.15, 0.2) is 21.3 Å². The first kappa shape index (κ1) is 19.4. The molecule has 1 heterocycles. The Balaban J connectivity index is 1.70. The second-order valence-corrected chi connectivity index (χ2v) is 6.55. The first-order chi connectivity index (χ1) is 13.3. The molecule has 1 aromatic heterocycles. The number of benzene rings is 1. The fourth-order valence-electron chi connectivity index (χ4n) is 3.23. The Morgan fingerprint density at radius 3 is 2.57 bits per heavy atom. The van der Waals surface area contributed by atoms with Gasteiger partial charge in [0.25, 0.3) is 5.91 Å². The third-order valence-corrected chi connectivity index (χ3v) is 4.41. The van der Waals surface area contributed by atoms with Crippen molar-refractivity contribution in [1.29, 1.82) is 0 Å². The lowest BCUT2D eigenvalue weighted by atomic mass is 10.0. The molecule has 0 atom stereocenters. The van der Waals surface area contributed by atoms with Gasteiger partial charge in [0.1, 0.15) is 11.3 Å². The Morgan fingerprint density at radius 1 is 1.11 bits per heavy atom. The summed E-state index contributed by atoms with van der Waals surface area (Å²) in [7, 11) is 0. The largest absolute Gasteiger partial charge is 0.548 e. The molecule has 2 aromatic rings. The van der Waals surface area contributed by atoms with Crippen LogP contribution in [-0.2, 0) is 27.2 Å². The van der Waals surface area contributed by atoms with Crippen LogP contribution in [0.2, 0.25) is 0 Å². The average Bonchev–Trinajstić information content (AvgIpc) is 3.12. The van der Waals surface area contributed by atoms with Gasteiger partial charge >= 0.3 is 5.63 Å². The van der Waals surface area contributed by atoms with E-state index in [9.17, 15) is 24.3 Å². The van der Waals surface area contributed by atoms with Crippen LogP contribution in [0.3, 0.4) is 0 Å². The zero-order chi connectivity index (χ0) is 20.3. The predicted octanol–water partition coefficient (Wildman–Crippen LogP) is -1.05. The van der Waals surface area contributed by atoms with Gasteiger partial charge in [-0.1, -0.05) is 0 Å². The molecule has 0 radical (unpaired) electrons. The summed E-state index contributed by atoms with van der Waals surface area (Å²) in [6.45, 7) is 0.465. The van der Waals surface area contributed by atoms with Crippen LogP contribution >= 0.6 is 0 Å². The van der Waals surface area contributed by atoms with Crippen LogP contribution < -0.4 is 26.1 Å². The molecular weight excluding hydrogens is 368 g/mol. The molecule has 0 bridgehead atoms. The van der Waals surface area contributed by atoms with Gasteiger partial charge in [0, 0.05) is 5.56 Å². The maximum absolute atomic E-state index is 12.1. The number of aliphatic carboxylic acids is 1. The van der Waals surface area contributed by atoms with E-state index in [0.29, 0.717) is 28.7 Å². The normalized spacial score (nSPS) is 12.5. The molecule has 2 N–H and O–H groups in total. The lowest BCUT2D eigenvalue weighted by Gasteiger charge is -2.13. The van der Waals surface area contributed by atoms with Gasteiger partial charge in [-0.3, -0.25) is 9.59 Å². The highest BCUT2D eigenvalue weighted by Crippen LogP contribution is 2.35. The summed E-state index contributed by atoms with van der Waals surface area (Å²) < 4.78 is 11.1. The predicted molar refractivity (Wildman–Crippen MR) is 95.8 cm³/mol. The summed E-state index contributed by atoms with van der Waals surface area (Å²) in [6.07, 6.45) is 2.25. The van der Waals surface area contributed by atoms with Gasteiger partial charge in [0.05, 0.1) is 24.4 Å². The van der Waals surface area contributed by atoms with Crippen molar-refractivity contribution in [2.45, 2.75) is 26.2 Å². The number of carbonyl (C=O) groups excluding carboxylic acids is 3. The monoisotopic (exact) mass is 387 g/mol. The van der Waals surface area contributed by atoms with E-state index in [1.807, 2.05) is 6.92 Å². The number of carboxylic acid groups (broad SMARTS) is 1. The number of aryl methyl sites for hydroxylation is 2. The lowest BCUT2D eigenvalue weighted by Crippen LogP contribution is -2.43. The summed E-state index contributed by atoms with van der Waals surface area (Å²) >= 11 is 0. The summed E-state index contributed by atoms with van der Waals surface area (Å²) in [4.78, 5) is 45.7. The van der Waals surface area contributed by atoms with Crippen LogP contribution in [0.5, 0.6) is 5.75 Å². The van der Waals surface area contributed by atoms with Crippen molar-refractivity contribution in [1.82, 2.24) is 10.6 Å². The van der Waals surface area contributed by atoms with Crippen molar-refractivity contribution < 1.29 is 28.6 Å². The zero-order valence-corrected chi connectivity index (χ0v) is 15.3. The van der Waals surface area contributed by atoms with Gasteiger partial charge in [-0.15, -0.1) is 0 Å². The number of hydrogen-bond donors (Lipinski definition) is 2. The van der Waals surface area contributed by atoms with Crippen molar-refractivity contribution in [3.8, 4) is 5.75 Å². The quantitative estimate of drug-likeness (QED) is 0.578. The molecule has 0 unspecified atom stereocenters. The number of rotatable bonds is 7. The zero-order valence-electron chi connectivity index (χ0n) is 15.3. The minimum absolute atomic E-state index is 0.336. The van der Waals surface area contributed by atoms with E-state index < -0.39 is 24.3 Å². The molecule has 2 amide bonds. The van der Waals surface area contributed by atoms with E-state index in [1.165, 1.54) is 0 Å². The highest BCUT2D eigenvalue weighted by molar-refractivity contribution is 5.90. The Hall–Kier alpha value is -3.36. The molecular formula is C19H19N2O7-. The molecule has 0 saturated carbocycles. The van der Waals surface area contributed by atoms with Crippen LogP contribution in [0, 0.1) is 6.92 Å². The van der Waals surface area contributed by atoms with Crippen molar-refractivity contribution >= 4 is 28.8 Å². The first-order valence-corrected chi connectivity index (χ1v) is 8.80. The van der Waals surface area contributed by atoms with E-state index in [-0.39, 0.29) is 18.8 Å². The molecule has 148 valence electrons. The molecule has 9 nitrogen and oxygen atoms in total. The lowest BCUT2D eigenvalue weighted by molar-refractivity contribution is -0.304. The molecule has 1 aromatic carbocycles. The Labute approximate surface area is 159 Å². The van der Waals surface area contributed by atoms with E-state index in [0.717, 1.165) is 24.0 Å². The molecule has 0 fully saturated rings. The Morgan fingerprint density at radius 2 is 1.82 bits per heavy atom. The van der Waals surface area contributed by atoms with Crippen LogP contribution in [-0.4, -0.2) is 37.5 Å². The smallest absolute Gasteiger partial charge is 0.339 e. The molecule has 0 saturated heterocycles. The van der Waals surface area contributed by atoms with Crippen molar-refractivity contribution in [2.75, 3.05) is 19.7 Å². The molecule has 1 aliphatic rings.